The normalized spacial score (nSPS) is 17.4. The van der Waals surface area contributed by atoms with E-state index in [1.54, 1.807) is 24.9 Å². The van der Waals surface area contributed by atoms with Crippen LogP contribution in [0.15, 0.2) is 35.8 Å². The van der Waals surface area contributed by atoms with Crippen molar-refractivity contribution < 1.29 is 9.32 Å². The van der Waals surface area contributed by atoms with E-state index < -0.39 is 0 Å². The van der Waals surface area contributed by atoms with Gasteiger partial charge in [-0.25, -0.2) is 14.6 Å². The summed E-state index contributed by atoms with van der Waals surface area (Å²) >= 11 is 0. The summed E-state index contributed by atoms with van der Waals surface area (Å²) in [4.78, 5) is 30.7. The van der Waals surface area contributed by atoms with Gasteiger partial charge < -0.3 is 9.42 Å². The summed E-state index contributed by atoms with van der Waals surface area (Å²) in [6.07, 6.45) is 10.4. The fourth-order valence-electron chi connectivity index (χ4n) is 3.11. The van der Waals surface area contributed by atoms with E-state index in [1.807, 2.05) is 4.90 Å². The zero-order chi connectivity index (χ0) is 17.8. The molecule has 0 radical (unpaired) electrons. The average molecular weight is 354 g/mol. The van der Waals surface area contributed by atoms with E-state index in [0.717, 1.165) is 19.4 Å². The van der Waals surface area contributed by atoms with Crippen LogP contribution < -0.4 is 0 Å². The minimum Gasteiger partial charge on any atom is -0.341 e. The Morgan fingerprint density at radius 1 is 1.31 bits per heavy atom. The number of carbonyl (C=O) groups is 1. The summed E-state index contributed by atoms with van der Waals surface area (Å²) in [7, 11) is 0. The number of hydrogen-bond acceptors (Lipinski definition) is 8. The first-order valence-corrected chi connectivity index (χ1v) is 8.47. The van der Waals surface area contributed by atoms with Crippen molar-refractivity contribution in [3.05, 3.63) is 37.1 Å². The molecule has 10 heteroatoms. The van der Waals surface area contributed by atoms with E-state index in [9.17, 15) is 4.79 Å². The maximum atomic E-state index is 12.4. The molecule has 3 aromatic rings. The Bertz CT molecular complexity index is 848. The van der Waals surface area contributed by atoms with Crippen molar-refractivity contribution in [3.63, 3.8) is 0 Å². The Labute approximate surface area is 149 Å². The second-order valence-electron chi connectivity index (χ2n) is 6.25. The fraction of sp³-hybridized carbons (Fsp3) is 0.438. The van der Waals surface area contributed by atoms with Crippen LogP contribution in [0.4, 0.5) is 0 Å². The predicted molar refractivity (Wildman–Crippen MR) is 88.4 cm³/mol. The van der Waals surface area contributed by atoms with E-state index in [-0.39, 0.29) is 12.5 Å². The van der Waals surface area contributed by atoms with E-state index in [2.05, 4.69) is 30.2 Å². The molecule has 1 fully saturated rings. The van der Waals surface area contributed by atoms with Crippen LogP contribution >= 0.6 is 0 Å². The molecule has 1 atom stereocenters. The molecule has 0 bridgehead atoms. The van der Waals surface area contributed by atoms with Gasteiger partial charge in [0.2, 0.25) is 17.6 Å². The molecule has 4 rings (SSSR count). The fourth-order valence-corrected chi connectivity index (χ4v) is 3.11. The van der Waals surface area contributed by atoms with E-state index in [1.165, 1.54) is 11.0 Å². The Hall–Kier alpha value is -3.17. The average Bonchev–Trinajstić information content (AvgIpc) is 3.35. The van der Waals surface area contributed by atoms with Crippen LogP contribution in [0.2, 0.25) is 0 Å². The van der Waals surface area contributed by atoms with Gasteiger partial charge in [0.1, 0.15) is 24.9 Å². The van der Waals surface area contributed by atoms with Crippen LogP contribution in [-0.4, -0.2) is 58.8 Å². The summed E-state index contributed by atoms with van der Waals surface area (Å²) in [5.74, 6) is 1.33. The molecule has 0 N–H and O–H groups in total. The van der Waals surface area contributed by atoms with Gasteiger partial charge in [0, 0.05) is 31.9 Å². The minimum atomic E-state index is 0.0472. The molecule has 0 aromatic carbocycles. The number of amides is 1. The largest absolute Gasteiger partial charge is 0.341 e. The smallest absolute Gasteiger partial charge is 0.244 e. The van der Waals surface area contributed by atoms with Crippen molar-refractivity contribution in [2.75, 3.05) is 13.1 Å². The second-order valence-corrected chi connectivity index (χ2v) is 6.25. The molecular formula is C16H18N8O2. The highest BCUT2D eigenvalue weighted by atomic mass is 16.5. The van der Waals surface area contributed by atoms with Gasteiger partial charge in [-0.2, -0.15) is 10.1 Å². The Morgan fingerprint density at radius 3 is 3.08 bits per heavy atom. The van der Waals surface area contributed by atoms with Crippen LogP contribution in [0.1, 0.15) is 18.7 Å². The Balaban J connectivity index is 1.36. The molecule has 10 nitrogen and oxygen atoms in total. The van der Waals surface area contributed by atoms with Crippen molar-refractivity contribution >= 4 is 5.91 Å². The molecule has 134 valence electrons. The molecule has 0 saturated carbocycles. The van der Waals surface area contributed by atoms with E-state index in [0.29, 0.717) is 36.3 Å². The number of hydrogen-bond donors (Lipinski definition) is 0. The van der Waals surface area contributed by atoms with Crippen LogP contribution in [0, 0.1) is 5.92 Å². The lowest BCUT2D eigenvalue weighted by Crippen LogP contribution is -2.42. The molecule has 1 unspecified atom stereocenters. The first kappa shape index (κ1) is 16.3. The standard InChI is InChI=1S/C16H18N8O2/c25-15(9-24-11-18-10-20-24)23-5-1-2-12(8-23)6-14-21-16(22-26-14)13-7-17-3-4-19-13/h3-4,7,10-12H,1-2,5-6,8-9H2. The molecule has 4 heterocycles. The second kappa shape index (κ2) is 7.38. The van der Waals surface area contributed by atoms with Gasteiger partial charge in [0.05, 0.1) is 6.20 Å². The van der Waals surface area contributed by atoms with Crippen molar-refractivity contribution in [2.45, 2.75) is 25.8 Å². The summed E-state index contributed by atoms with van der Waals surface area (Å²) in [6, 6.07) is 0. The SMILES string of the molecule is O=C(Cn1cncn1)N1CCCC(Cc2nc(-c3cnccn3)no2)C1. The zero-order valence-corrected chi connectivity index (χ0v) is 14.1. The molecule has 3 aromatic heterocycles. The van der Waals surface area contributed by atoms with Gasteiger partial charge >= 0.3 is 0 Å². The topological polar surface area (TPSA) is 116 Å². The van der Waals surface area contributed by atoms with E-state index in [4.69, 9.17) is 4.52 Å². The maximum Gasteiger partial charge on any atom is 0.244 e. The highest BCUT2D eigenvalue weighted by molar-refractivity contribution is 5.76. The third-order valence-electron chi connectivity index (χ3n) is 4.36. The first-order chi connectivity index (χ1) is 12.8. The van der Waals surface area contributed by atoms with Crippen molar-refractivity contribution in [1.82, 2.24) is 39.8 Å². The number of likely N-dealkylation sites (tertiary alicyclic amines) is 1. The molecule has 1 aliphatic rings. The summed E-state index contributed by atoms with van der Waals surface area (Å²) in [5, 5.41) is 7.95. The van der Waals surface area contributed by atoms with Gasteiger partial charge in [0.15, 0.2) is 0 Å². The van der Waals surface area contributed by atoms with Crippen LogP contribution in [-0.2, 0) is 17.8 Å². The van der Waals surface area contributed by atoms with E-state index >= 15 is 0 Å². The number of rotatable bonds is 5. The summed E-state index contributed by atoms with van der Waals surface area (Å²) in [5.41, 5.74) is 0.579. The van der Waals surface area contributed by atoms with Crippen LogP contribution in [0.25, 0.3) is 11.5 Å². The van der Waals surface area contributed by atoms with Gasteiger partial charge in [-0.15, -0.1) is 0 Å². The predicted octanol–water partition coefficient (Wildman–Crippen LogP) is 0.599. The molecular weight excluding hydrogens is 336 g/mol. The molecule has 0 spiro atoms. The minimum absolute atomic E-state index is 0.0472. The lowest BCUT2D eigenvalue weighted by Gasteiger charge is -2.32. The number of nitrogens with zero attached hydrogens (tertiary/aromatic N) is 8. The van der Waals surface area contributed by atoms with Crippen LogP contribution in [0.3, 0.4) is 0 Å². The Kier molecular flexibility index (Phi) is 4.63. The number of carbonyl (C=O) groups excluding carboxylic acids is 1. The number of aromatic nitrogens is 7. The van der Waals surface area contributed by atoms with Gasteiger partial charge in [-0.1, -0.05) is 5.16 Å². The maximum absolute atomic E-state index is 12.4. The summed E-state index contributed by atoms with van der Waals surface area (Å²) < 4.78 is 6.89. The molecule has 1 amide bonds. The van der Waals surface area contributed by atoms with Gasteiger partial charge in [-0.05, 0) is 18.8 Å². The first-order valence-electron chi connectivity index (χ1n) is 8.47. The number of piperidine rings is 1. The quantitative estimate of drug-likeness (QED) is 0.654. The third-order valence-corrected chi connectivity index (χ3v) is 4.36. The zero-order valence-electron chi connectivity index (χ0n) is 14.1. The molecule has 1 saturated heterocycles. The van der Waals surface area contributed by atoms with Crippen molar-refractivity contribution in [2.24, 2.45) is 5.92 Å². The van der Waals surface area contributed by atoms with Crippen molar-refractivity contribution in [1.29, 1.82) is 0 Å². The highest BCUT2D eigenvalue weighted by Crippen LogP contribution is 2.21. The Morgan fingerprint density at radius 2 is 2.27 bits per heavy atom. The summed E-state index contributed by atoms with van der Waals surface area (Å²) in [6.45, 7) is 1.65. The molecule has 26 heavy (non-hydrogen) atoms. The molecule has 1 aliphatic heterocycles. The van der Waals surface area contributed by atoms with Gasteiger partial charge in [0.25, 0.3) is 0 Å². The van der Waals surface area contributed by atoms with Crippen LogP contribution in [0.5, 0.6) is 0 Å². The van der Waals surface area contributed by atoms with Gasteiger partial charge in [-0.3, -0.25) is 9.78 Å². The van der Waals surface area contributed by atoms with Crippen molar-refractivity contribution in [3.8, 4) is 11.5 Å². The third kappa shape index (κ3) is 3.73. The lowest BCUT2D eigenvalue weighted by atomic mass is 9.94. The monoisotopic (exact) mass is 354 g/mol. The highest BCUT2D eigenvalue weighted by Gasteiger charge is 2.25. The molecule has 0 aliphatic carbocycles. The lowest BCUT2D eigenvalue weighted by molar-refractivity contribution is -0.133.